The molecule has 6 heteroatoms. The first-order valence-electron chi connectivity index (χ1n) is 6.21. The predicted octanol–water partition coefficient (Wildman–Crippen LogP) is 2.64. The lowest BCUT2D eigenvalue weighted by atomic mass is 9.85. The molecule has 3 nitrogen and oxygen atoms in total. The second-order valence-corrected chi connectivity index (χ2v) is 5.16. The fraction of sp³-hybridized carbons (Fsp3) is 0.571. The molecule has 0 spiro atoms. The standard InChI is InChI=1S/C14H19F3O3/c1-13(8-18,9-19)6-5-10-3-4-12(20-2)11(7-10)14(15,16)17/h3-4,7,18-19H,5-6,8-9H2,1-2H3. The zero-order valence-electron chi connectivity index (χ0n) is 11.5. The largest absolute Gasteiger partial charge is 0.496 e. The smallest absolute Gasteiger partial charge is 0.419 e. The van der Waals surface area contributed by atoms with Crippen molar-refractivity contribution in [2.75, 3.05) is 20.3 Å². The minimum atomic E-state index is -4.47. The van der Waals surface area contributed by atoms with Crippen molar-refractivity contribution in [3.05, 3.63) is 29.3 Å². The average molecular weight is 292 g/mol. The van der Waals surface area contributed by atoms with Gasteiger partial charge in [0.25, 0.3) is 0 Å². The minimum Gasteiger partial charge on any atom is -0.496 e. The van der Waals surface area contributed by atoms with Gasteiger partial charge in [-0.05, 0) is 30.5 Å². The number of hydrogen-bond acceptors (Lipinski definition) is 3. The zero-order chi connectivity index (χ0) is 15.4. The number of aryl methyl sites for hydroxylation is 1. The third-order valence-corrected chi connectivity index (χ3v) is 3.35. The molecule has 20 heavy (non-hydrogen) atoms. The summed E-state index contributed by atoms with van der Waals surface area (Å²) in [4.78, 5) is 0. The molecule has 2 N–H and O–H groups in total. The van der Waals surface area contributed by atoms with E-state index in [0.29, 0.717) is 18.4 Å². The summed E-state index contributed by atoms with van der Waals surface area (Å²) in [5, 5.41) is 18.3. The van der Waals surface area contributed by atoms with Gasteiger partial charge in [-0.2, -0.15) is 13.2 Å². The normalized spacial score (nSPS) is 12.6. The first-order valence-corrected chi connectivity index (χ1v) is 6.21. The molecule has 0 aliphatic rings. The molecule has 0 aliphatic carbocycles. The van der Waals surface area contributed by atoms with Crippen LogP contribution in [0.4, 0.5) is 13.2 Å². The van der Waals surface area contributed by atoms with Gasteiger partial charge in [-0.1, -0.05) is 13.0 Å². The monoisotopic (exact) mass is 292 g/mol. The Morgan fingerprint density at radius 3 is 2.20 bits per heavy atom. The number of ether oxygens (including phenoxy) is 1. The molecular formula is C14H19F3O3. The summed E-state index contributed by atoms with van der Waals surface area (Å²) >= 11 is 0. The number of benzene rings is 1. The molecule has 0 fully saturated rings. The van der Waals surface area contributed by atoms with Gasteiger partial charge in [-0.3, -0.25) is 0 Å². The highest BCUT2D eigenvalue weighted by molar-refractivity contribution is 5.39. The van der Waals surface area contributed by atoms with Crippen LogP contribution in [0.15, 0.2) is 18.2 Å². The van der Waals surface area contributed by atoms with Crippen molar-refractivity contribution in [2.45, 2.75) is 25.9 Å². The molecule has 0 heterocycles. The van der Waals surface area contributed by atoms with Gasteiger partial charge in [0.05, 0.1) is 25.9 Å². The van der Waals surface area contributed by atoms with E-state index in [4.69, 9.17) is 14.9 Å². The van der Waals surface area contributed by atoms with Gasteiger partial charge in [0, 0.05) is 5.41 Å². The SMILES string of the molecule is COc1ccc(CCC(C)(CO)CO)cc1C(F)(F)F. The van der Waals surface area contributed by atoms with Crippen molar-refractivity contribution in [3.63, 3.8) is 0 Å². The summed E-state index contributed by atoms with van der Waals surface area (Å²) in [7, 11) is 1.19. The van der Waals surface area contributed by atoms with E-state index in [1.54, 1.807) is 13.0 Å². The molecule has 0 radical (unpaired) electrons. The van der Waals surface area contributed by atoms with E-state index >= 15 is 0 Å². The third kappa shape index (κ3) is 4.11. The second kappa shape index (κ2) is 6.45. The molecule has 1 aromatic rings. The number of halogens is 3. The molecule has 1 aromatic carbocycles. The lowest BCUT2D eigenvalue weighted by Crippen LogP contribution is -2.26. The molecule has 0 saturated carbocycles. The Morgan fingerprint density at radius 2 is 1.75 bits per heavy atom. The van der Waals surface area contributed by atoms with Crippen LogP contribution < -0.4 is 4.74 Å². The summed E-state index contributed by atoms with van der Waals surface area (Å²) in [6.07, 6.45) is -3.74. The van der Waals surface area contributed by atoms with Gasteiger partial charge in [0.15, 0.2) is 0 Å². The van der Waals surface area contributed by atoms with Crippen LogP contribution in [0.2, 0.25) is 0 Å². The van der Waals surface area contributed by atoms with Crippen LogP contribution >= 0.6 is 0 Å². The summed E-state index contributed by atoms with van der Waals surface area (Å²) in [6.45, 7) is 1.25. The molecule has 1 rings (SSSR count). The Morgan fingerprint density at radius 1 is 1.15 bits per heavy atom. The van der Waals surface area contributed by atoms with Crippen molar-refractivity contribution in [1.29, 1.82) is 0 Å². The van der Waals surface area contributed by atoms with Gasteiger partial charge in [-0.15, -0.1) is 0 Å². The summed E-state index contributed by atoms with van der Waals surface area (Å²) in [5.41, 5.74) is -1.02. The highest BCUT2D eigenvalue weighted by Gasteiger charge is 2.34. The van der Waals surface area contributed by atoms with Crippen molar-refractivity contribution in [2.24, 2.45) is 5.41 Å². The van der Waals surface area contributed by atoms with E-state index in [2.05, 4.69) is 0 Å². The molecule has 0 saturated heterocycles. The molecule has 0 unspecified atom stereocenters. The van der Waals surface area contributed by atoms with Crippen LogP contribution in [-0.4, -0.2) is 30.5 Å². The molecule has 0 bridgehead atoms. The van der Waals surface area contributed by atoms with Gasteiger partial charge < -0.3 is 14.9 Å². The van der Waals surface area contributed by atoms with Gasteiger partial charge in [0.2, 0.25) is 0 Å². The van der Waals surface area contributed by atoms with Crippen molar-refractivity contribution >= 4 is 0 Å². The molecule has 0 aliphatic heterocycles. The minimum absolute atomic E-state index is 0.215. The topological polar surface area (TPSA) is 49.7 Å². The van der Waals surface area contributed by atoms with Crippen LogP contribution in [-0.2, 0) is 12.6 Å². The third-order valence-electron chi connectivity index (χ3n) is 3.35. The van der Waals surface area contributed by atoms with Gasteiger partial charge in [0.1, 0.15) is 5.75 Å². The number of hydrogen-bond donors (Lipinski definition) is 2. The molecule has 0 atom stereocenters. The van der Waals surface area contributed by atoms with E-state index in [1.807, 2.05) is 0 Å². The van der Waals surface area contributed by atoms with E-state index in [9.17, 15) is 13.2 Å². The van der Waals surface area contributed by atoms with Crippen LogP contribution in [0.1, 0.15) is 24.5 Å². The summed E-state index contributed by atoms with van der Waals surface area (Å²) < 4.78 is 43.3. The first-order chi connectivity index (χ1) is 9.25. The Hall–Kier alpha value is -1.27. The van der Waals surface area contributed by atoms with Crippen LogP contribution in [0.5, 0.6) is 5.75 Å². The number of aliphatic hydroxyl groups excluding tert-OH is 2. The predicted molar refractivity (Wildman–Crippen MR) is 68.6 cm³/mol. The molecular weight excluding hydrogens is 273 g/mol. The van der Waals surface area contributed by atoms with E-state index < -0.39 is 17.2 Å². The highest BCUT2D eigenvalue weighted by Crippen LogP contribution is 2.37. The Balaban J connectivity index is 2.93. The number of rotatable bonds is 6. The van der Waals surface area contributed by atoms with E-state index in [-0.39, 0.29) is 19.0 Å². The van der Waals surface area contributed by atoms with E-state index in [0.717, 1.165) is 6.07 Å². The van der Waals surface area contributed by atoms with Crippen molar-refractivity contribution in [1.82, 2.24) is 0 Å². The maximum Gasteiger partial charge on any atom is 0.419 e. The molecule has 0 aromatic heterocycles. The summed E-state index contributed by atoms with van der Waals surface area (Å²) in [6, 6.07) is 3.89. The number of alkyl halides is 3. The zero-order valence-corrected chi connectivity index (χ0v) is 11.5. The maximum atomic E-state index is 12.9. The van der Waals surface area contributed by atoms with Crippen LogP contribution in [0, 0.1) is 5.41 Å². The lowest BCUT2D eigenvalue weighted by molar-refractivity contribution is -0.138. The van der Waals surface area contributed by atoms with Gasteiger partial charge in [-0.25, -0.2) is 0 Å². The van der Waals surface area contributed by atoms with Crippen LogP contribution in [0.25, 0.3) is 0 Å². The highest BCUT2D eigenvalue weighted by atomic mass is 19.4. The number of methoxy groups -OCH3 is 1. The van der Waals surface area contributed by atoms with Crippen molar-refractivity contribution < 1.29 is 28.1 Å². The van der Waals surface area contributed by atoms with Crippen LogP contribution in [0.3, 0.4) is 0 Å². The van der Waals surface area contributed by atoms with Gasteiger partial charge >= 0.3 is 6.18 Å². The Kier molecular flexibility index (Phi) is 5.42. The fourth-order valence-corrected chi connectivity index (χ4v) is 1.79. The first kappa shape index (κ1) is 16.8. The quantitative estimate of drug-likeness (QED) is 0.847. The number of aliphatic hydroxyl groups is 2. The Bertz CT molecular complexity index is 440. The molecule has 114 valence electrons. The fourth-order valence-electron chi connectivity index (χ4n) is 1.79. The lowest BCUT2D eigenvalue weighted by Gasteiger charge is -2.24. The second-order valence-electron chi connectivity index (χ2n) is 5.16. The Labute approximate surface area is 116 Å². The maximum absolute atomic E-state index is 12.9. The van der Waals surface area contributed by atoms with E-state index in [1.165, 1.54) is 13.2 Å². The average Bonchev–Trinajstić information content (AvgIpc) is 2.43. The molecule has 0 amide bonds. The van der Waals surface area contributed by atoms with Crippen molar-refractivity contribution in [3.8, 4) is 5.75 Å². The summed E-state index contributed by atoms with van der Waals surface area (Å²) in [5.74, 6) is -0.215.